The summed E-state index contributed by atoms with van der Waals surface area (Å²) in [5, 5.41) is 0. The number of rotatable bonds is 0. The van der Waals surface area contributed by atoms with Crippen LogP contribution in [0.5, 0.6) is 0 Å². The maximum Gasteiger partial charge on any atom is 0.115 e. The predicted molar refractivity (Wildman–Crippen MR) is 92.1 cm³/mol. The summed E-state index contributed by atoms with van der Waals surface area (Å²) >= 11 is 0. The minimum Gasteiger partial charge on any atom is -0.322 e. The average molecular weight is 286 g/mol. The van der Waals surface area contributed by atoms with E-state index in [0.29, 0.717) is 0 Å². The molecule has 0 fully saturated rings. The molecule has 0 aliphatic carbocycles. The van der Waals surface area contributed by atoms with Crippen molar-refractivity contribution in [3.8, 4) is 0 Å². The highest BCUT2D eigenvalue weighted by Gasteiger charge is 2.31. The molecule has 1 heterocycles. The molecular weight excluding hydrogens is 256 g/mol. The van der Waals surface area contributed by atoms with E-state index in [1.54, 1.807) is 0 Å². The van der Waals surface area contributed by atoms with Gasteiger partial charge in [0.05, 0.1) is 11.0 Å². The van der Waals surface area contributed by atoms with Gasteiger partial charge in [0, 0.05) is 11.0 Å². The highest BCUT2D eigenvalue weighted by Crippen LogP contribution is 2.37. The quantitative estimate of drug-likeness (QED) is 0.635. The van der Waals surface area contributed by atoms with Gasteiger partial charge < -0.3 is 4.57 Å². The van der Waals surface area contributed by atoms with E-state index in [4.69, 9.17) is 4.98 Å². The molecule has 1 aromatic carbocycles. The van der Waals surface area contributed by atoms with Crippen molar-refractivity contribution in [2.24, 2.45) is 0 Å². The van der Waals surface area contributed by atoms with Crippen LogP contribution in [0.25, 0.3) is 11.0 Å². The second kappa shape index (κ2) is 4.59. The molecule has 116 valence electrons. The van der Waals surface area contributed by atoms with Gasteiger partial charge in [-0.2, -0.15) is 0 Å². The number of imidazole rings is 1. The number of aromatic nitrogens is 2. The van der Waals surface area contributed by atoms with Crippen LogP contribution in [0, 0.1) is 0 Å². The third-order valence-corrected chi connectivity index (χ3v) is 3.83. The molecule has 0 saturated carbocycles. The number of nitrogens with zero attached hydrogens (tertiary/aromatic N) is 2. The van der Waals surface area contributed by atoms with Crippen LogP contribution in [-0.4, -0.2) is 9.55 Å². The minimum absolute atomic E-state index is 0.0126. The van der Waals surface area contributed by atoms with Crippen molar-refractivity contribution in [1.29, 1.82) is 0 Å². The van der Waals surface area contributed by atoms with Crippen LogP contribution >= 0.6 is 0 Å². The van der Waals surface area contributed by atoms with Gasteiger partial charge in [-0.15, -0.1) is 0 Å². The largest absolute Gasteiger partial charge is 0.322 e. The Bertz CT molecular complexity index is 656. The molecule has 0 spiro atoms. The molecule has 0 aliphatic heterocycles. The maximum atomic E-state index is 4.99. The van der Waals surface area contributed by atoms with Crippen LogP contribution in [0.2, 0.25) is 0 Å². The van der Waals surface area contributed by atoms with Crippen molar-refractivity contribution >= 4 is 11.0 Å². The Hall–Kier alpha value is -1.31. The van der Waals surface area contributed by atoms with Gasteiger partial charge in [0.1, 0.15) is 5.82 Å². The average Bonchev–Trinajstić information content (AvgIpc) is 2.65. The second-order valence-electron chi connectivity index (χ2n) is 9.11. The lowest BCUT2D eigenvalue weighted by molar-refractivity contribution is 0.362. The van der Waals surface area contributed by atoms with E-state index in [1.807, 2.05) is 0 Å². The van der Waals surface area contributed by atoms with Crippen molar-refractivity contribution in [3.63, 3.8) is 0 Å². The van der Waals surface area contributed by atoms with Gasteiger partial charge in [-0.05, 0) is 37.8 Å². The summed E-state index contributed by atoms with van der Waals surface area (Å²) in [6.45, 7) is 20.4. The predicted octanol–water partition coefficient (Wildman–Crippen LogP) is 5.39. The molecule has 2 rings (SSSR count). The molecule has 0 aliphatic rings. The van der Waals surface area contributed by atoms with Crippen molar-refractivity contribution < 1.29 is 0 Å². The van der Waals surface area contributed by atoms with Crippen molar-refractivity contribution in [1.82, 2.24) is 9.55 Å². The van der Waals surface area contributed by atoms with Crippen molar-refractivity contribution in [3.05, 3.63) is 29.6 Å². The monoisotopic (exact) mass is 286 g/mol. The van der Waals surface area contributed by atoms with Crippen LogP contribution in [0.3, 0.4) is 0 Å². The first kappa shape index (κ1) is 16.1. The third kappa shape index (κ3) is 2.86. The van der Waals surface area contributed by atoms with Gasteiger partial charge in [0.25, 0.3) is 0 Å². The van der Waals surface area contributed by atoms with E-state index in [2.05, 4.69) is 85.1 Å². The fraction of sp³-hybridized carbons (Fsp3) is 0.632. The summed E-state index contributed by atoms with van der Waals surface area (Å²) in [6.07, 6.45) is 0. The van der Waals surface area contributed by atoms with Gasteiger partial charge in [-0.1, -0.05) is 53.7 Å². The van der Waals surface area contributed by atoms with Gasteiger partial charge in [0.2, 0.25) is 0 Å². The van der Waals surface area contributed by atoms with Gasteiger partial charge in [-0.25, -0.2) is 4.98 Å². The van der Waals surface area contributed by atoms with Gasteiger partial charge in [-0.3, -0.25) is 0 Å². The first-order valence-corrected chi connectivity index (χ1v) is 7.86. The fourth-order valence-corrected chi connectivity index (χ4v) is 2.89. The summed E-state index contributed by atoms with van der Waals surface area (Å²) in [5.74, 6) is 1.17. The van der Waals surface area contributed by atoms with Crippen molar-refractivity contribution in [2.75, 3.05) is 0 Å². The molecule has 2 heteroatoms. The Balaban J connectivity index is 2.98. The number of hydrogen-bond donors (Lipinski definition) is 0. The third-order valence-electron chi connectivity index (χ3n) is 3.83. The second-order valence-corrected chi connectivity index (χ2v) is 9.11. The number of hydrogen-bond acceptors (Lipinski definition) is 1. The normalized spacial score (nSPS) is 14.0. The zero-order valence-corrected chi connectivity index (χ0v) is 15.1. The molecule has 1 aromatic heterocycles. The zero-order chi connectivity index (χ0) is 16.2. The lowest BCUT2D eigenvalue weighted by atomic mass is 9.85. The smallest absolute Gasteiger partial charge is 0.115 e. The molecule has 0 radical (unpaired) electrons. The molecule has 0 N–H and O–H groups in total. The Morgan fingerprint density at radius 1 is 0.810 bits per heavy atom. The van der Waals surface area contributed by atoms with E-state index in [-0.39, 0.29) is 16.4 Å². The summed E-state index contributed by atoms with van der Waals surface area (Å²) in [5.41, 5.74) is 3.93. The van der Waals surface area contributed by atoms with Crippen LogP contribution in [-0.2, 0) is 16.4 Å². The van der Waals surface area contributed by atoms with Crippen LogP contribution in [0.4, 0.5) is 0 Å². The van der Waals surface area contributed by atoms with Gasteiger partial charge >= 0.3 is 0 Å². The van der Waals surface area contributed by atoms with Crippen molar-refractivity contribution in [2.45, 2.75) is 78.7 Å². The Morgan fingerprint density at radius 2 is 1.38 bits per heavy atom. The SMILES string of the molecule is CC(C)(C)c1cccc2nc(C(C)(C)C)n(C(C)(C)C)c12. The lowest BCUT2D eigenvalue weighted by Gasteiger charge is -2.31. The fourth-order valence-electron chi connectivity index (χ4n) is 2.89. The van der Waals surface area contributed by atoms with Gasteiger partial charge in [0.15, 0.2) is 0 Å². The molecule has 2 aromatic rings. The Morgan fingerprint density at radius 3 is 1.81 bits per heavy atom. The molecular formula is C19H30N2. The lowest BCUT2D eigenvalue weighted by Crippen LogP contribution is -2.30. The first-order chi connectivity index (χ1) is 9.33. The van der Waals surface area contributed by atoms with Crippen LogP contribution < -0.4 is 0 Å². The topological polar surface area (TPSA) is 17.8 Å². The Kier molecular flexibility index (Phi) is 3.51. The highest BCUT2D eigenvalue weighted by molar-refractivity contribution is 5.81. The molecule has 21 heavy (non-hydrogen) atoms. The maximum absolute atomic E-state index is 4.99. The highest BCUT2D eigenvalue weighted by atomic mass is 15.1. The summed E-state index contributed by atoms with van der Waals surface area (Å²) in [4.78, 5) is 4.99. The summed E-state index contributed by atoms with van der Waals surface area (Å²) in [6, 6.07) is 6.52. The standard InChI is InChI=1S/C19H30N2/c1-17(2,3)13-11-10-12-14-15(13)21(19(7,8)9)16(20-14)18(4,5)6/h10-12H,1-9H3. The zero-order valence-electron chi connectivity index (χ0n) is 15.1. The number of para-hydroxylation sites is 1. The van der Waals surface area contributed by atoms with E-state index < -0.39 is 0 Å². The number of benzene rings is 1. The van der Waals surface area contributed by atoms with Crippen LogP contribution in [0.1, 0.15) is 73.7 Å². The van der Waals surface area contributed by atoms with E-state index in [9.17, 15) is 0 Å². The van der Waals surface area contributed by atoms with E-state index >= 15 is 0 Å². The number of fused-ring (bicyclic) bond motifs is 1. The first-order valence-electron chi connectivity index (χ1n) is 7.86. The molecule has 0 saturated heterocycles. The summed E-state index contributed by atoms with van der Waals surface area (Å²) < 4.78 is 2.45. The molecule has 2 nitrogen and oxygen atoms in total. The minimum atomic E-state index is 0.0126. The molecule has 0 atom stereocenters. The van der Waals surface area contributed by atoms with E-state index in [1.165, 1.54) is 16.9 Å². The van der Waals surface area contributed by atoms with E-state index in [0.717, 1.165) is 5.52 Å². The van der Waals surface area contributed by atoms with Crippen LogP contribution in [0.15, 0.2) is 18.2 Å². The molecule has 0 amide bonds. The molecule has 0 unspecified atom stereocenters. The summed E-state index contributed by atoms with van der Waals surface area (Å²) in [7, 11) is 0. The molecule has 0 bridgehead atoms. The Labute approximate surface area is 129 Å².